The quantitative estimate of drug-likeness (QED) is 0.163. The van der Waals surface area contributed by atoms with Gasteiger partial charge in [0.1, 0.15) is 18.5 Å². The molecule has 0 radical (unpaired) electrons. The van der Waals surface area contributed by atoms with Gasteiger partial charge in [-0.1, -0.05) is 89.0 Å². The number of hydrogen-bond acceptors (Lipinski definition) is 2. The van der Waals surface area contributed by atoms with Gasteiger partial charge in [-0.25, -0.2) is 0 Å². The van der Waals surface area contributed by atoms with E-state index < -0.39 is 0 Å². The zero-order valence-electron chi connectivity index (χ0n) is 17.5. The lowest BCUT2D eigenvalue weighted by Gasteiger charge is -2.06. The number of unbranched alkanes of at least 4 members (excludes halogenated alkanes) is 10. The number of rotatable bonds is 17. The number of epoxide rings is 1. The highest BCUT2D eigenvalue weighted by Gasteiger charge is 2.22. The van der Waals surface area contributed by atoms with Gasteiger partial charge in [0.25, 0.3) is 0 Å². The number of ether oxygens (including phenoxy) is 2. The largest absolute Gasteiger partial charge is 0.491 e. The van der Waals surface area contributed by atoms with E-state index in [1.54, 1.807) is 0 Å². The van der Waals surface area contributed by atoms with Crippen molar-refractivity contribution in [2.45, 2.75) is 96.5 Å². The minimum Gasteiger partial charge on any atom is -0.491 e. The average molecular weight is 373 g/mol. The van der Waals surface area contributed by atoms with E-state index in [4.69, 9.17) is 9.47 Å². The molecule has 0 aliphatic carbocycles. The molecule has 2 heteroatoms. The molecular weight excluding hydrogens is 332 g/mol. The molecule has 1 unspecified atom stereocenters. The van der Waals surface area contributed by atoms with E-state index in [-0.39, 0.29) is 0 Å². The van der Waals surface area contributed by atoms with E-state index in [0.29, 0.717) is 12.7 Å². The Morgan fingerprint density at radius 1 is 0.926 bits per heavy atom. The van der Waals surface area contributed by atoms with Gasteiger partial charge in [-0.15, -0.1) is 0 Å². The normalized spacial score (nSPS) is 16.1. The third kappa shape index (κ3) is 11.9. The molecule has 152 valence electrons. The highest BCUT2D eigenvalue weighted by molar-refractivity contribution is 5.28. The third-order valence-electron chi connectivity index (χ3n) is 5.23. The Hall–Kier alpha value is -1.28. The maximum atomic E-state index is 5.75. The highest BCUT2D eigenvalue weighted by atomic mass is 16.6. The second-order valence-electron chi connectivity index (χ2n) is 7.89. The summed E-state index contributed by atoms with van der Waals surface area (Å²) in [5, 5.41) is 0. The van der Waals surface area contributed by atoms with Gasteiger partial charge in [0.15, 0.2) is 0 Å². The monoisotopic (exact) mass is 372 g/mol. The fraction of sp³-hybridized carbons (Fsp3) is 0.680. The Morgan fingerprint density at radius 2 is 1.59 bits per heavy atom. The van der Waals surface area contributed by atoms with E-state index in [1.165, 1.54) is 76.2 Å². The minimum absolute atomic E-state index is 0.322. The molecule has 2 nitrogen and oxygen atoms in total. The van der Waals surface area contributed by atoms with Crippen molar-refractivity contribution in [3.63, 3.8) is 0 Å². The van der Waals surface area contributed by atoms with Crippen molar-refractivity contribution in [1.29, 1.82) is 0 Å². The Morgan fingerprint density at radius 3 is 2.30 bits per heavy atom. The van der Waals surface area contributed by atoms with Crippen LogP contribution < -0.4 is 4.74 Å². The van der Waals surface area contributed by atoms with Crippen LogP contribution in [0.15, 0.2) is 36.4 Å². The zero-order chi connectivity index (χ0) is 19.0. The van der Waals surface area contributed by atoms with Crippen LogP contribution in [-0.4, -0.2) is 19.3 Å². The van der Waals surface area contributed by atoms with Crippen molar-refractivity contribution < 1.29 is 9.47 Å². The molecule has 0 amide bonds. The Balaban J connectivity index is 1.41. The van der Waals surface area contributed by atoms with E-state index in [1.807, 2.05) is 6.07 Å². The van der Waals surface area contributed by atoms with Crippen molar-refractivity contribution in [1.82, 2.24) is 0 Å². The van der Waals surface area contributed by atoms with Gasteiger partial charge < -0.3 is 9.47 Å². The molecule has 1 heterocycles. The molecule has 1 fully saturated rings. The van der Waals surface area contributed by atoms with Crippen LogP contribution in [0.1, 0.15) is 89.5 Å². The summed E-state index contributed by atoms with van der Waals surface area (Å²) in [4.78, 5) is 0. The van der Waals surface area contributed by atoms with Crippen LogP contribution in [0, 0.1) is 0 Å². The second kappa shape index (κ2) is 14.7. The molecule has 1 atom stereocenters. The Kier molecular flexibility index (Phi) is 12.0. The van der Waals surface area contributed by atoms with Gasteiger partial charge in [0, 0.05) is 0 Å². The minimum atomic E-state index is 0.322. The van der Waals surface area contributed by atoms with Crippen LogP contribution in [0.2, 0.25) is 0 Å². The summed E-state index contributed by atoms with van der Waals surface area (Å²) in [5.41, 5.74) is 1.35. The number of benzene rings is 1. The second-order valence-corrected chi connectivity index (χ2v) is 7.89. The van der Waals surface area contributed by atoms with Crippen LogP contribution in [0.25, 0.3) is 0 Å². The molecular formula is C25H40O2. The first kappa shape index (κ1) is 22.0. The van der Waals surface area contributed by atoms with Gasteiger partial charge in [-0.05, 0) is 43.4 Å². The fourth-order valence-corrected chi connectivity index (χ4v) is 3.38. The molecule has 1 aromatic rings. The summed E-state index contributed by atoms with van der Waals surface area (Å²) >= 11 is 0. The zero-order valence-corrected chi connectivity index (χ0v) is 17.5. The summed E-state index contributed by atoms with van der Waals surface area (Å²) < 4.78 is 10.9. The molecule has 1 saturated heterocycles. The number of hydrogen-bond donors (Lipinski definition) is 0. The van der Waals surface area contributed by atoms with Crippen molar-refractivity contribution in [2.75, 3.05) is 13.2 Å². The summed E-state index contributed by atoms with van der Waals surface area (Å²) in [5.74, 6) is 0.970. The first-order valence-electron chi connectivity index (χ1n) is 11.4. The molecule has 0 N–H and O–H groups in total. The molecule has 0 aromatic heterocycles. The van der Waals surface area contributed by atoms with Crippen molar-refractivity contribution in [3.8, 4) is 5.75 Å². The smallest absolute Gasteiger partial charge is 0.119 e. The summed E-state index contributed by atoms with van der Waals surface area (Å²) in [6, 6.07) is 8.48. The van der Waals surface area contributed by atoms with E-state index in [0.717, 1.165) is 25.2 Å². The van der Waals surface area contributed by atoms with Gasteiger partial charge in [0.05, 0.1) is 6.61 Å². The van der Waals surface area contributed by atoms with Crippen molar-refractivity contribution in [2.24, 2.45) is 0 Å². The van der Waals surface area contributed by atoms with Crippen LogP contribution in [-0.2, 0) is 11.2 Å². The average Bonchev–Trinajstić information content (AvgIpc) is 3.51. The molecule has 1 aromatic carbocycles. The molecule has 1 aliphatic rings. The van der Waals surface area contributed by atoms with E-state index >= 15 is 0 Å². The van der Waals surface area contributed by atoms with Crippen molar-refractivity contribution >= 4 is 0 Å². The summed E-state index contributed by atoms with van der Waals surface area (Å²) in [7, 11) is 0. The van der Waals surface area contributed by atoms with Crippen molar-refractivity contribution in [3.05, 3.63) is 42.0 Å². The van der Waals surface area contributed by atoms with Crippen LogP contribution in [0.5, 0.6) is 5.75 Å². The molecule has 1 aliphatic heterocycles. The lowest BCUT2D eigenvalue weighted by atomic mass is 10.1. The maximum absolute atomic E-state index is 5.75. The van der Waals surface area contributed by atoms with Gasteiger partial charge in [-0.3, -0.25) is 0 Å². The van der Waals surface area contributed by atoms with E-state index in [9.17, 15) is 0 Å². The number of allylic oxidation sites excluding steroid dienone is 2. The van der Waals surface area contributed by atoms with Gasteiger partial charge in [-0.2, -0.15) is 0 Å². The molecule has 2 rings (SSSR count). The highest BCUT2D eigenvalue weighted by Crippen LogP contribution is 2.18. The lowest BCUT2D eigenvalue weighted by Crippen LogP contribution is -2.04. The summed E-state index contributed by atoms with van der Waals surface area (Å²) in [6.45, 7) is 3.82. The first-order valence-corrected chi connectivity index (χ1v) is 11.4. The Bertz CT molecular complexity index is 505. The SMILES string of the molecule is CCCCCCCCCCCC/C=C/CCc1cccc(OCC2CO2)c1. The lowest BCUT2D eigenvalue weighted by molar-refractivity contribution is 0.263. The first-order chi connectivity index (χ1) is 13.4. The van der Waals surface area contributed by atoms with Gasteiger partial charge >= 0.3 is 0 Å². The summed E-state index contributed by atoms with van der Waals surface area (Å²) in [6.07, 6.45) is 22.6. The standard InChI is InChI=1S/C25H40O2/c1-2-3-4-5-6-7-8-9-10-11-12-13-14-15-17-23-18-16-19-24(20-23)26-21-25-22-27-25/h13-14,16,18-20,25H,2-12,15,17,21-22H2,1H3/b14-13+. The Labute approximate surface area is 167 Å². The predicted octanol–water partition coefficient (Wildman–Crippen LogP) is 7.26. The van der Waals surface area contributed by atoms with Crippen LogP contribution in [0.3, 0.4) is 0 Å². The topological polar surface area (TPSA) is 21.8 Å². The molecule has 0 bridgehead atoms. The maximum Gasteiger partial charge on any atom is 0.119 e. The molecule has 27 heavy (non-hydrogen) atoms. The van der Waals surface area contributed by atoms with Crippen LogP contribution in [0.4, 0.5) is 0 Å². The van der Waals surface area contributed by atoms with Gasteiger partial charge in [0.2, 0.25) is 0 Å². The number of aryl methyl sites for hydroxylation is 1. The van der Waals surface area contributed by atoms with E-state index in [2.05, 4.69) is 37.3 Å². The fourth-order valence-electron chi connectivity index (χ4n) is 3.38. The predicted molar refractivity (Wildman–Crippen MR) is 116 cm³/mol. The van der Waals surface area contributed by atoms with Crippen LogP contribution >= 0.6 is 0 Å². The molecule has 0 spiro atoms. The molecule has 0 saturated carbocycles. The third-order valence-corrected chi connectivity index (χ3v) is 5.23.